The second-order valence-corrected chi connectivity index (χ2v) is 6.31. The Hall–Kier alpha value is -1.03. The van der Waals surface area contributed by atoms with E-state index >= 15 is 0 Å². The summed E-state index contributed by atoms with van der Waals surface area (Å²) in [6.45, 7) is 4.19. The minimum atomic E-state index is 0.105. The number of benzene rings is 1. The van der Waals surface area contributed by atoms with Gasteiger partial charge in [-0.3, -0.25) is 0 Å². The van der Waals surface area contributed by atoms with Gasteiger partial charge >= 0.3 is 0 Å². The van der Waals surface area contributed by atoms with E-state index in [1.807, 2.05) is 13.1 Å². The third kappa shape index (κ3) is 2.94. The van der Waals surface area contributed by atoms with Gasteiger partial charge in [0.05, 0.1) is 17.5 Å². The number of hydrogen-bond donors (Lipinski definition) is 1. The first-order chi connectivity index (χ1) is 9.06. The van der Waals surface area contributed by atoms with Crippen LogP contribution in [0.2, 0.25) is 4.34 Å². The van der Waals surface area contributed by atoms with Gasteiger partial charge in [0.25, 0.3) is 0 Å². The first-order valence-corrected chi connectivity index (χ1v) is 7.34. The maximum atomic E-state index is 6.05. The van der Waals surface area contributed by atoms with Gasteiger partial charge in [0.1, 0.15) is 5.75 Å². The van der Waals surface area contributed by atoms with Crippen LogP contribution in [0.15, 0.2) is 24.3 Å². The molecule has 1 heterocycles. The fourth-order valence-corrected chi connectivity index (χ4v) is 3.57. The van der Waals surface area contributed by atoms with Crippen molar-refractivity contribution in [3.05, 3.63) is 50.2 Å². The maximum Gasteiger partial charge on any atom is 0.124 e. The molecule has 0 saturated heterocycles. The van der Waals surface area contributed by atoms with Crippen molar-refractivity contribution in [1.82, 2.24) is 5.32 Å². The molecule has 1 aromatic carbocycles. The van der Waals surface area contributed by atoms with E-state index < -0.39 is 0 Å². The van der Waals surface area contributed by atoms with Crippen molar-refractivity contribution >= 4 is 22.9 Å². The topological polar surface area (TPSA) is 21.3 Å². The highest BCUT2D eigenvalue weighted by molar-refractivity contribution is 7.16. The number of methoxy groups -OCH3 is 1. The Morgan fingerprint density at radius 3 is 2.53 bits per heavy atom. The van der Waals surface area contributed by atoms with Crippen molar-refractivity contribution in [2.45, 2.75) is 19.9 Å². The molecular formula is C15H18ClNOS. The normalized spacial score (nSPS) is 12.5. The van der Waals surface area contributed by atoms with E-state index in [1.165, 1.54) is 21.6 Å². The van der Waals surface area contributed by atoms with E-state index in [2.05, 4.69) is 37.4 Å². The molecule has 2 aromatic rings. The van der Waals surface area contributed by atoms with Gasteiger partial charge in [-0.1, -0.05) is 17.7 Å². The molecule has 0 aliphatic carbocycles. The molecule has 0 amide bonds. The Labute approximate surface area is 123 Å². The Bertz CT molecular complexity index is 580. The minimum absolute atomic E-state index is 0.105. The van der Waals surface area contributed by atoms with Gasteiger partial charge in [0.15, 0.2) is 0 Å². The fraction of sp³-hybridized carbons (Fsp3) is 0.333. The van der Waals surface area contributed by atoms with Gasteiger partial charge in [0, 0.05) is 10.4 Å². The number of thiophene rings is 1. The first kappa shape index (κ1) is 14.4. The summed E-state index contributed by atoms with van der Waals surface area (Å²) < 4.78 is 6.35. The van der Waals surface area contributed by atoms with Crippen molar-refractivity contribution < 1.29 is 4.74 Å². The molecule has 0 radical (unpaired) electrons. The van der Waals surface area contributed by atoms with E-state index in [0.717, 1.165) is 10.1 Å². The summed E-state index contributed by atoms with van der Waals surface area (Å²) in [5, 5.41) is 3.35. The van der Waals surface area contributed by atoms with Crippen LogP contribution in [0.25, 0.3) is 0 Å². The van der Waals surface area contributed by atoms with Gasteiger partial charge < -0.3 is 10.1 Å². The number of halogens is 1. The fourth-order valence-electron chi connectivity index (χ4n) is 2.39. The average molecular weight is 296 g/mol. The number of hydrogen-bond acceptors (Lipinski definition) is 3. The molecular weight excluding hydrogens is 278 g/mol. The Morgan fingerprint density at radius 2 is 2.00 bits per heavy atom. The van der Waals surface area contributed by atoms with Gasteiger partial charge in [-0.15, -0.1) is 11.3 Å². The predicted molar refractivity (Wildman–Crippen MR) is 82.7 cm³/mol. The van der Waals surface area contributed by atoms with Crippen molar-refractivity contribution in [1.29, 1.82) is 0 Å². The second-order valence-electron chi connectivity index (χ2n) is 4.56. The second kappa shape index (κ2) is 5.95. The van der Waals surface area contributed by atoms with Gasteiger partial charge in [-0.05, 0) is 50.2 Å². The van der Waals surface area contributed by atoms with Crippen molar-refractivity contribution in [2.24, 2.45) is 0 Å². The lowest BCUT2D eigenvalue weighted by molar-refractivity contribution is 0.405. The summed E-state index contributed by atoms with van der Waals surface area (Å²) in [6.07, 6.45) is 0. The van der Waals surface area contributed by atoms with Gasteiger partial charge in [0.2, 0.25) is 0 Å². The van der Waals surface area contributed by atoms with Crippen LogP contribution in [0.4, 0.5) is 0 Å². The summed E-state index contributed by atoms with van der Waals surface area (Å²) in [4.78, 5) is 1.19. The third-order valence-corrected chi connectivity index (χ3v) is 4.47. The number of nitrogens with one attached hydrogen (secondary N) is 1. The molecule has 19 heavy (non-hydrogen) atoms. The summed E-state index contributed by atoms with van der Waals surface area (Å²) in [6, 6.07) is 8.35. The van der Waals surface area contributed by atoms with Crippen LogP contribution >= 0.6 is 22.9 Å². The SMILES string of the molecule is CNC(c1ccc(Cl)s1)c1c(C)cc(C)cc1OC. The molecule has 1 N–H and O–H groups in total. The summed E-state index contributed by atoms with van der Waals surface area (Å²) >= 11 is 7.64. The molecule has 0 saturated carbocycles. The molecule has 2 nitrogen and oxygen atoms in total. The highest BCUT2D eigenvalue weighted by Gasteiger charge is 2.20. The summed E-state index contributed by atoms with van der Waals surface area (Å²) in [5.41, 5.74) is 3.60. The molecule has 1 atom stereocenters. The zero-order chi connectivity index (χ0) is 14.0. The Morgan fingerprint density at radius 1 is 1.26 bits per heavy atom. The van der Waals surface area contributed by atoms with Crippen LogP contribution in [0.3, 0.4) is 0 Å². The lowest BCUT2D eigenvalue weighted by atomic mass is 9.97. The zero-order valence-electron chi connectivity index (χ0n) is 11.6. The quantitative estimate of drug-likeness (QED) is 0.906. The van der Waals surface area contributed by atoms with Crippen LogP contribution in [0, 0.1) is 13.8 Å². The first-order valence-electron chi connectivity index (χ1n) is 6.14. The molecule has 0 spiro atoms. The summed E-state index contributed by atoms with van der Waals surface area (Å²) in [5.74, 6) is 0.918. The van der Waals surface area contributed by atoms with E-state index in [9.17, 15) is 0 Å². The number of ether oxygens (including phenoxy) is 1. The number of rotatable bonds is 4. The molecule has 0 aliphatic heterocycles. The number of aryl methyl sites for hydroxylation is 2. The molecule has 102 valence electrons. The lowest BCUT2D eigenvalue weighted by Crippen LogP contribution is -2.18. The Kier molecular flexibility index (Phi) is 4.50. The molecule has 0 aliphatic rings. The van der Waals surface area contributed by atoms with Crippen LogP contribution in [0.1, 0.15) is 27.6 Å². The minimum Gasteiger partial charge on any atom is -0.496 e. The van der Waals surface area contributed by atoms with Crippen LogP contribution in [-0.4, -0.2) is 14.2 Å². The third-order valence-electron chi connectivity index (χ3n) is 3.17. The van der Waals surface area contributed by atoms with E-state index in [0.29, 0.717) is 0 Å². The van der Waals surface area contributed by atoms with Crippen LogP contribution < -0.4 is 10.1 Å². The van der Waals surface area contributed by atoms with E-state index in [4.69, 9.17) is 16.3 Å². The monoisotopic (exact) mass is 295 g/mol. The van der Waals surface area contributed by atoms with Crippen LogP contribution in [-0.2, 0) is 0 Å². The molecule has 4 heteroatoms. The molecule has 2 rings (SSSR count). The molecule has 0 fully saturated rings. The van der Waals surface area contributed by atoms with Gasteiger partial charge in [-0.2, -0.15) is 0 Å². The largest absolute Gasteiger partial charge is 0.496 e. The van der Waals surface area contributed by atoms with Crippen molar-refractivity contribution in [2.75, 3.05) is 14.2 Å². The van der Waals surface area contributed by atoms with Gasteiger partial charge in [-0.25, -0.2) is 0 Å². The molecule has 1 unspecified atom stereocenters. The van der Waals surface area contributed by atoms with Crippen molar-refractivity contribution in [3.8, 4) is 5.75 Å². The predicted octanol–water partition coefficient (Wildman–Crippen LogP) is 4.34. The van der Waals surface area contributed by atoms with Crippen molar-refractivity contribution in [3.63, 3.8) is 0 Å². The highest BCUT2D eigenvalue weighted by Crippen LogP contribution is 2.37. The smallest absolute Gasteiger partial charge is 0.124 e. The van der Waals surface area contributed by atoms with E-state index in [-0.39, 0.29) is 6.04 Å². The average Bonchev–Trinajstić information content (AvgIpc) is 2.78. The maximum absolute atomic E-state index is 6.05. The zero-order valence-corrected chi connectivity index (χ0v) is 13.2. The van der Waals surface area contributed by atoms with E-state index in [1.54, 1.807) is 18.4 Å². The standard InChI is InChI=1S/C15H18ClNOS/c1-9-7-10(2)14(11(8-9)18-4)15(17-3)12-5-6-13(16)19-12/h5-8,15,17H,1-4H3. The molecule has 1 aromatic heterocycles. The Balaban J connectivity index is 2.55. The highest BCUT2D eigenvalue weighted by atomic mass is 35.5. The molecule has 0 bridgehead atoms. The van der Waals surface area contributed by atoms with Crippen LogP contribution in [0.5, 0.6) is 5.75 Å². The summed E-state index contributed by atoms with van der Waals surface area (Å²) in [7, 11) is 3.67. The lowest BCUT2D eigenvalue weighted by Gasteiger charge is -2.21.